The molecule has 0 heterocycles. The molecule has 2 N–H and O–H groups in total. The number of carbonyl (C=O) groups is 1. The number of aliphatic carboxylic acids is 1. The zero-order valence-corrected chi connectivity index (χ0v) is 9.28. The summed E-state index contributed by atoms with van der Waals surface area (Å²) in [4.78, 5) is 11.0. The van der Waals surface area contributed by atoms with Crippen molar-refractivity contribution in [3.8, 4) is 0 Å². The summed E-state index contributed by atoms with van der Waals surface area (Å²) in [5.41, 5.74) is 0.421. The van der Waals surface area contributed by atoms with E-state index in [1.807, 2.05) is 0 Å². The predicted molar refractivity (Wildman–Crippen MR) is 58.6 cm³/mol. The van der Waals surface area contributed by atoms with E-state index in [9.17, 15) is 9.90 Å². The van der Waals surface area contributed by atoms with Gasteiger partial charge in [0.05, 0.1) is 6.10 Å². The van der Waals surface area contributed by atoms with Crippen LogP contribution in [0.25, 0.3) is 0 Å². The van der Waals surface area contributed by atoms with Crippen LogP contribution in [0, 0.1) is 5.92 Å². The van der Waals surface area contributed by atoms with Crippen LogP contribution in [0.3, 0.4) is 0 Å². The molecule has 1 aliphatic carbocycles. The van der Waals surface area contributed by atoms with E-state index < -0.39 is 12.1 Å². The lowest BCUT2D eigenvalue weighted by molar-refractivity contribution is -0.134. The average Bonchev–Trinajstić information content (AvgIpc) is 2.25. The standard InChI is InChI=1S/C12H20O3/c1-2-3-8-11(13)9-6-4-5-7-10(9)12(14)15/h7,9,11,13H,2-6,8H2,1H3,(H,14,15). The molecular weight excluding hydrogens is 192 g/mol. The SMILES string of the molecule is CCCCC(O)C1CCCC=C1C(=O)O. The molecule has 0 radical (unpaired) electrons. The van der Waals surface area contributed by atoms with Crippen molar-refractivity contribution in [2.24, 2.45) is 5.92 Å². The normalized spacial score (nSPS) is 23.3. The molecule has 2 atom stereocenters. The first-order valence-electron chi connectivity index (χ1n) is 5.78. The largest absolute Gasteiger partial charge is 0.478 e. The Labute approximate surface area is 90.8 Å². The van der Waals surface area contributed by atoms with E-state index in [0.29, 0.717) is 12.0 Å². The van der Waals surface area contributed by atoms with Crippen LogP contribution in [0.4, 0.5) is 0 Å². The zero-order valence-electron chi connectivity index (χ0n) is 9.28. The van der Waals surface area contributed by atoms with E-state index in [1.165, 1.54) is 0 Å². The fraction of sp³-hybridized carbons (Fsp3) is 0.750. The van der Waals surface area contributed by atoms with Crippen molar-refractivity contribution in [1.82, 2.24) is 0 Å². The Morgan fingerprint density at radius 2 is 2.40 bits per heavy atom. The second-order valence-corrected chi connectivity index (χ2v) is 4.21. The van der Waals surface area contributed by atoms with Gasteiger partial charge in [0.15, 0.2) is 0 Å². The van der Waals surface area contributed by atoms with Crippen molar-refractivity contribution in [1.29, 1.82) is 0 Å². The van der Waals surface area contributed by atoms with Crippen molar-refractivity contribution in [2.45, 2.75) is 51.6 Å². The van der Waals surface area contributed by atoms with Crippen LogP contribution in [-0.4, -0.2) is 22.3 Å². The molecule has 1 rings (SSSR count). The summed E-state index contributed by atoms with van der Waals surface area (Å²) in [6, 6.07) is 0. The minimum atomic E-state index is -0.866. The van der Waals surface area contributed by atoms with Crippen molar-refractivity contribution >= 4 is 5.97 Å². The van der Waals surface area contributed by atoms with Crippen molar-refractivity contribution in [3.05, 3.63) is 11.6 Å². The molecule has 0 aliphatic heterocycles. The van der Waals surface area contributed by atoms with Gasteiger partial charge in [-0.3, -0.25) is 0 Å². The summed E-state index contributed by atoms with van der Waals surface area (Å²) in [5.74, 6) is -1.02. The summed E-state index contributed by atoms with van der Waals surface area (Å²) < 4.78 is 0. The van der Waals surface area contributed by atoms with Crippen molar-refractivity contribution in [2.75, 3.05) is 0 Å². The maximum absolute atomic E-state index is 11.0. The van der Waals surface area contributed by atoms with Crippen LogP contribution >= 0.6 is 0 Å². The van der Waals surface area contributed by atoms with E-state index in [4.69, 9.17) is 5.11 Å². The maximum atomic E-state index is 11.0. The molecule has 2 unspecified atom stereocenters. The van der Waals surface area contributed by atoms with Crippen LogP contribution in [0.1, 0.15) is 45.4 Å². The number of allylic oxidation sites excluding steroid dienone is 1. The van der Waals surface area contributed by atoms with Gasteiger partial charge in [0.25, 0.3) is 0 Å². The number of hydrogen-bond acceptors (Lipinski definition) is 2. The van der Waals surface area contributed by atoms with Gasteiger partial charge >= 0.3 is 5.97 Å². The number of carboxylic acid groups (broad SMARTS) is 1. The van der Waals surface area contributed by atoms with Gasteiger partial charge in [-0.05, 0) is 25.7 Å². The molecule has 0 amide bonds. The minimum Gasteiger partial charge on any atom is -0.478 e. The highest BCUT2D eigenvalue weighted by atomic mass is 16.4. The quantitative estimate of drug-likeness (QED) is 0.735. The molecule has 15 heavy (non-hydrogen) atoms. The topological polar surface area (TPSA) is 57.5 Å². The third-order valence-electron chi connectivity index (χ3n) is 3.05. The first-order valence-corrected chi connectivity index (χ1v) is 5.78. The van der Waals surface area contributed by atoms with Gasteiger partial charge < -0.3 is 10.2 Å². The Hall–Kier alpha value is -0.830. The Bertz CT molecular complexity index is 245. The average molecular weight is 212 g/mol. The smallest absolute Gasteiger partial charge is 0.331 e. The molecule has 86 valence electrons. The van der Waals surface area contributed by atoms with Crippen LogP contribution in [-0.2, 0) is 4.79 Å². The molecule has 0 aromatic carbocycles. The molecule has 1 aliphatic rings. The van der Waals surface area contributed by atoms with Gasteiger partial charge in [-0.1, -0.05) is 25.8 Å². The molecule has 3 nitrogen and oxygen atoms in total. The fourth-order valence-corrected chi connectivity index (χ4v) is 2.16. The van der Waals surface area contributed by atoms with Gasteiger partial charge in [0.2, 0.25) is 0 Å². The number of hydrogen-bond donors (Lipinski definition) is 2. The molecule has 0 saturated heterocycles. The summed E-state index contributed by atoms with van der Waals surface area (Å²) >= 11 is 0. The highest BCUT2D eigenvalue weighted by molar-refractivity contribution is 5.87. The molecule has 0 aromatic rings. The summed E-state index contributed by atoms with van der Waals surface area (Å²) in [5, 5.41) is 18.9. The summed E-state index contributed by atoms with van der Waals surface area (Å²) in [7, 11) is 0. The van der Waals surface area contributed by atoms with E-state index in [-0.39, 0.29) is 5.92 Å². The van der Waals surface area contributed by atoms with Crippen LogP contribution in [0.15, 0.2) is 11.6 Å². The number of aliphatic hydroxyl groups is 1. The Morgan fingerprint density at radius 3 is 3.00 bits per heavy atom. The van der Waals surface area contributed by atoms with Gasteiger partial charge in [0.1, 0.15) is 0 Å². The fourth-order valence-electron chi connectivity index (χ4n) is 2.16. The van der Waals surface area contributed by atoms with Crippen LogP contribution < -0.4 is 0 Å². The highest BCUT2D eigenvalue weighted by Crippen LogP contribution is 2.29. The first-order chi connectivity index (χ1) is 7.16. The van der Waals surface area contributed by atoms with Gasteiger partial charge in [-0.25, -0.2) is 4.79 Å². The van der Waals surface area contributed by atoms with E-state index in [2.05, 4.69) is 6.92 Å². The van der Waals surface area contributed by atoms with Crippen molar-refractivity contribution in [3.63, 3.8) is 0 Å². The maximum Gasteiger partial charge on any atom is 0.331 e. The molecule has 0 fully saturated rings. The molecule has 0 aromatic heterocycles. The lowest BCUT2D eigenvalue weighted by Gasteiger charge is -2.26. The second kappa shape index (κ2) is 5.91. The van der Waals surface area contributed by atoms with Crippen molar-refractivity contribution < 1.29 is 15.0 Å². The van der Waals surface area contributed by atoms with E-state index in [0.717, 1.165) is 32.1 Å². The number of unbranched alkanes of at least 4 members (excludes halogenated alkanes) is 1. The second-order valence-electron chi connectivity index (χ2n) is 4.21. The molecule has 0 saturated carbocycles. The number of aliphatic hydroxyl groups excluding tert-OH is 1. The number of rotatable bonds is 5. The van der Waals surface area contributed by atoms with Crippen LogP contribution in [0.2, 0.25) is 0 Å². The molecular formula is C12H20O3. The lowest BCUT2D eigenvalue weighted by Crippen LogP contribution is -2.27. The minimum absolute atomic E-state index is 0.150. The molecule has 0 spiro atoms. The number of carboxylic acids is 1. The van der Waals surface area contributed by atoms with Crippen LogP contribution in [0.5, 0.6) is 0 Å². The van der Waals surface area contributed by atoms with Gasteiger partial charge in [-0.15, -0.1) is 0 Å². The highest BCUT2D eigenvalue weighted by Gasteiger charge is 2.28. The Balaban J connectivity index is 2.61. The van der Waals surface area contributed by atoms with Gasteiger partial charge in [-0.2, -0.15) is 0 Å². The summed E-state index contributed by atoms with van der Waals surface area (Å²) in [6.45, 7) is 2.07. The molecule has 0 bridgehead atoms. The predicted octanol–water partition coefficient (Wildman–Crippen LogP) is 2.35. The first kappa shape index (κ1) is 12.2. The monoisotopic (exact) mass is 212 g/mol. The molecule has 3 heteroatoms. The third-order valence-corrected chi connectivity index (χ3v) is 3.05. The zero-order chi connectivity index (χ0) is 11.3. The third kappa shape index (κ3) is 3.34. The summed E-state index contributed by atoms with van der Waals surface area (Å²) in [6.07, 6.45) is 6.64. The van der Waals surface area contributed by atoms with E-state index in [1.54, 1.807) is 6.08 Å². The van der Waals surface area contributed by atoms with E-state index >= 15 is 0 Å². The Morgan fingerprint density at radius 1 is 1.67 bits per heavy atom. The van der Waals surface area contributed by atoms with Gasteiger partial charge in [0, 0.05) is 11.5 Å². The lowest BCUT2D eigenvalue weighted by atomic mass is 9.82. The Kier molecular flexibility index (Phi) is 4.82.